The number of nitrogens with zero attached hydrogens (tertiary/aromatic N) is 1. The molecule has 0 unspecified atom stereocenters. The lowest BCUT2D eigenvalue weighted by atomic mass is 9.91. The molecule has 20 heavy (non-hydrogen) atoms. The Kier molecular flexibility index (Phi) is 5.57. The van der Waals surface area contributed by atoms with Crippen LogP contribution in [0.3, 0.4) is 0 Å². The van der Waals surface area contributed by atoms with E-state index in [2.05, 4.69) is 15.8 Å². The molecule has 1 aromatic rings. The van der Waals surface area contributed by atoms with Crippen LogP contribution < -0.4 is 10.7 Å². The molecule has 4 nitrogen and oxygen atoms in total. The van der Waals surface area contributed by atoms with Crippen LogP contribution in [-0.4, -0.2) is 18.2 Å². The first-order chi connectivity index (χ1) is 9.21. The lowest BCUT2D eigenvalue weighted by Gasteiger charge is -2.17. The Bertz CT molecular complexity index is 518. The van der Waals surface area contributed by atoms with Gasteiger partial charge in [-0.2, -0.15) is 5.10 Å². The Morgan fingerprint density at radius 3 is 2.60 bits per heavy atom. The number of amides is 1. The van der Waals surface area contributed by atoms with Gasteiger partial charge in [-0.1, -0.05) is 38.4 Å². The van der Waals surface area contributed by atoms with Gasteiger partial charge >= 0.3 is 0 Å². The largest absolute Gasteiger partial charge is 0.376 e. The van der Waals surface area contributed by atoms with Crippen molar-refractivity contribution >= 4 is 28.9 Å². The number of hydrogen-bond acceptors (Lipinski definition) is 3. The van der Waals surface area contributed by atoms with Crippen molar-refractivity contribution in [3.63, 3.8) is 0 Å². The second kappa shape index (κ2) is 6.75. The fourth-order valence-corrected chi connectivity index (χ4v) is 1.50. The molecule has 0 fully saturated rings. The van der Waals surface area contributed by atoms with Crippen molar-refractivity contribution in [1.82, 2.24) is 5.43 Å². The van der Waals surface area contributed by atoms with Crippen LogP contribution in [-0.2, 0) is 4.79 Å². The van der Waals surface area contributed by atoms with Crippen LogP contribution in [0.15, 0.2) is 23.3 Å². The molecule has 1 aromatic carbocycles. The number of hydrogen-bond donors (Lipinski definition) is 2. The summed E-state index contributed by atoms with van der Waals surface area (Å²) in [6.07, 6.45) is 0. The Morgan fingerprint density at radius 2 is 2.00 bits per heavy atom. The van der Waals surface area contributed by atoms with Gasteiger partial charge in [-0.05, 0) is 31.5 Å². The summed E-state index contributed by atoms with van der Waals surface area (Å²) in [5, 5.41) is 7.83. The minimum atomic E-state index is -0.187. The maximum Gasteiger partial charge on any atom is 0.259 e. The van der Waals surface area contributed by atoms with E-state index >= 15 is 0 Å². The molecule has 1 amide bonds. The van der Waals surface area contributed by atoms with Crippen molar-refractivity contribution in [2.75, 3.05) is 11.9 Å². The topological polar surface area (TPSA) is 53.5 Å². The molecular formula is C15H22ClN3O. The Morgan fingerprint density at radius 1 is 1.35 bits per heavy atom. The average Bonchev–Trinajstić information content (AvgIpc) is 2.36. The zero-order valence-corrected chi connectivity index (χ0v) is 13.4. The summed E-state index contributed by atoms with van der Waals surface area (Å²) in [6.45, 7) is 10.1. The molecule has 0 aliphatic heterocycles. The number of carbonyl (C=O) groups is 1. The van der Waals surface area contributed by atoms with Crippen molar-refractivity contribution in [3.8, 4) is 0 Å². The first kappa shape index (κ1) is 16.5. The second-order valence-electron chi connectivity index (χ2n) is 5.75. The van der Waals surface area contributed by atoms with Gasteiger partial charge < -0.3 is 5.32 Å². The number of nitrogens with one attached hydrogen (secondary N) is 2. The average molecular weight is 296 g/mol. The van der Waals surface area contributed by atoms with E-state index in [1.54, 1.807) is 0 Å². The van der Waals surface area contributed by atoms with Gasteiger partial charge in [0, 0.05) is 21.8 Å². The van der Waals surface area contributed by atoms with Crippen molar-refractivity contribution in [3.05, 3.63) is 28.8 Å². The van der Waals surface area contributed by atoms with Gasteiger partial charge in [-0.25, -0.2) is 5.43 Å². The maximum absolute atomic E-state index is 11.7. The van der Waals surface area contributed by atoms with Crippen molar-refractivity contribution in [1.29, 1.82) is 0 Å². The summed E-state index contributed by atoms with van der Waals surface area (Å²) in [5.74, 6) is -0.187. The molecule has 0 aliphatic rings. The molecule has 2 N–H and O–H groups in total. The predicted molar refractivity (Wildman–Crippen MR) is 85.4 cm³/mol. The monoisotopic (exact) mass is 295 g/mol. The quantitative estimate of drug-likeness (QED) is 0.659. The van der Waals surface area contributed by atoms with Gasteiger partial charge in [0.05, 0.1) is 6.54 Å². The minimum Gasteiger partial charge on any atom is -0.376 e. The van der Waals surface area contributed by atoms with E-state index in [9.17, 15) is 4.79 Å². The number of benzene rings is 1. The maximum atomic E-state index is 11.7. The molecule has 0 atom stereocenters. The summed E-state index contributed by atoms with van der Waals surface area (Å²) in [7, 11) is 0. The second-order valence-corrected chi connectivity index (χ2v) is 6.16. The Balaban J connectivity index is 2.55. The van der Waals surface area contributed by atoms with E-state index in [1.807, 2.05) is 52.8 Å². The van der Waals surface area contributed by atoms with Crippen LogP contribution in [0.4, 0.5) is 5.69 Å². The fourth-order valence-electron chi connectivity index (χ4n) is 1.33. The third-order valence-electron chi connectivity index (χ3n) is 3.14. The molecule has 0 bridgehead atoms. The van der Waals surface area contributed by atoms with Crippen molar-refractivity contribution < 1.29 is 4.79 Å². The van der Waals surface area contributed by atoms with E-state index in [1.165, 1.54) is 0 Å². The highest BCUT2D eigenvalue weighted by Crippen LogP contribution is 2.22. The molecular weight excluding hydrogens is 274 g/mol. The number of hydrazone groups is 1. The highest BCUT2D eigenvalue weighted by molar-refractivity contribution is 6.31. The summed E-state index contributed by atoms with van der Waals surface area (Å²) >= 11 is 6.02. The molecule has 5 heteroatoms. The molecule has 1 rings (SSSR count). The van der Waals surface area contributed by atoms with E-state index < -0.39 is 0 Å². The Hall–Kier alpha value is -1.55. The lowest BCUT2D eigenvalue weighted by Crippen LogP contribution is -2.29. The van der Waals surface area contributed by atoms with Gasteiger partial charge in [-0.3, -0.25) is 4.79 Å². The minimum absolute atomic E-state index is 0.0513. The van der Waals surface area contributed by atoms with Crippen LogP contribution in [0.2, 0.25) is 5.02 Å². The first-order valence-electron chi connectivity index (χ1n) is 6.54. The number of anilines is 1. The van der Waals surface area contributed by atoms with Gasteiger partial charge in [0.1, 0.15) is 0 Å². The lowest BCUT2D eigenvalue weighted by molar-refractivity contribution is -0.119. The van der Waals surface area contributed by atoms with E-state index in [0.29, 0.717) is 5.02 Å². The van der Waals surface area contributed by atoms with E-state index in [-0.39, 0.29) is 17.9 Å². The summed E-state index contributed by atoms with van der Waals surface area (Å²) in [6, 6.07) is 5.55. The molecule has 0 radical (unpaired) electrons. The predicted octanol–water partition coefficient (Wildman–Crippen LogP) is 3.60. The van der Waals surface area contributed by atoms with Crippen LogP contribution in [0.1, 0.15) is 33.3 Å². The van der Waals surface area contributed by atoms with Gasteiger partial charge in [0.15, 0.2) is 0 Å². The number of halogens is 1. The molecule has 110 valence electrons. The summed E-state index contributed by atoms with van der Waals surface area (Å²) < 4.78 is 0. The smallest absolute Gasteiger partial charge is 0.259 e. The zero-order valence-electron chi connectivity index (χ0n) is 12.7. The molecule has 0 heterocycles. The van der Waals surface area contributed by atoms with Gasteiger partial charge in [0.2, 0.25) is 0 Å². The highest BCUT2D eigenvalue weighted by Gasteiger charge is 2.14. The summed E-state index contributed by atoms with van der Waals surface area (Å²) in [5.41, 5.74) is 5.15. The van der Waals surface area contributed by atoms with Crippen LogP contribution in [0, 0.1) is 12.3 Å². The van der Waals surface area contributed by atoms with E-state index in [0.717, 1.165) is 17.0 Å². The van der Waals surface area contributed by atoms with Crippen molar-refractivity contribution in [2.24, 2.45) is 10.5 Å². The van der Waals surface area contributed by atoms with Crippen LogP contribution >= 0.6 is 11.6 Å². The van der Waals surface area contributed by atoms with Crippen LogP contribution in [0.25, 0.3) is 0 Å². The number of carbonyl (C=O) groups excluding carboxylic acids is 1. The van der Waals surface area contributed by atoms with Crippen LogP contribution in [0.5, 0.6) is 0 Å². The fraction of sp³-hybridized carbons (Fsp3) is 0.467. The SMILES string of the molecule is C/C(=N\NC(=O)CNc1cccc(Cl)c1C)C(C)(C)C. The zero-order chi connectivity index (χ0) is 15.3. The summed E-state index contributed by atoms with van der Waals surface area (Å²) in [4.78, 5) is 11.7. The third kappa shape index (κ3) is 4.85. The Labute approximate surface area is 125 Å². The molecule has 0 saturated heterocycles. The highest BCUT2D eigenvalue weighted by atomic mass is 35.5. The molecule has 0 saturated carbocycles. The van der Waals surface area contributed by atoms with E-state index in [4.69, 9.17) is 11.6 Å². The molecule has 0 spiro atoms. The third-order valence-corrected chi connectivity index (χ3v) is 3.55. The normalized spacial score (nSPS) is 12.2. The molecule has 0 aromatic heterocycles. The van der Waals surface area contributed by atoms with Gasteiger partial charge in [-0.15, -0.1) is 0 Å². The first-order valence-corrected chi connectivity index (χ1v) is 6.92. The number of rotatable bonds is 4. The van der Waals surface area contributed by atoms with Crippen molar-refractivity contribution in [2.45, 2.75) is 34.6 Å². The van der Waals surface area contributed by atoms with Gasteiger partial charge in [0.25, 0.3) is 5.91 Å². The standard InChI is InChI=1S/C15H22ClN3O/c1-10-12(16)7-6-8-13(10)17-9-14(20)19-18-11(2)15(3,4)5/h6-8,17H,9H2,1-5H3,(H,19,20)/b18-11+. The molecule has 0 aliphatic carbocycles.